The van der Waals surface area contributed by atoms with Gasteiger partial charge in [-0.25, -0.2) is 9.97 Å². The average Bonchev–Trinajstić information content (AvgIpc) is 3.26. The first-order chi connectivity index (χ1) is 13.3. The van der Waals surface area contributed by atoms with E-state index in [9.17, 15) is 4.79 Å². The Balaban J connectivity index is 1.59. The summed E-state index contributed by atoms with van der Waals surface area (Å²) in [7, 11) is 0. The summed E-state index contributed by atoms with van der Waals surface area (Å²) < 4.78 is 5.61. The van der Waals surface area contributed by atoms with Crippen LogP contribution in [0.2, 0.25) is 0 Å². The number of carbonyl (C=O) groups is 1. The summed E-state index contributed by atoms with van der Waals surface area (Å²) in [5.41, 5.74) is 1.51. The second-order valence-corrected chi connectivity index (χ2v) is 7.19. The number of rotatable bonds is 5. The van der Waals surface area contributed by atoms with E-state index in [0.29, 0.717) is 17.9 Å². The van der Waals surface area contributed by atoms with Crippen molar-refractivity contribution in [3.05, 3.63) is 42.1 Å². The molecule has 6 nitrogen and oxygen atoms in total. The molecular formula is C21H26N4O2. The van der Waals surface area contributed by atoms with Crippen LogP contribution in [0.25, 0.3) is 11.4 Å². The van der Waals surface area contributed by atoms with Gasteiger partial charge in [0.15, 0.2) is 5.82 Å². The van der Waals surface area contributed by atoms with Crippen LogP contribution in [0.4, 0.5) is 5.82 Å². The third-order valence-electron chi connectivity index (χ3n) is 5.22. The van der Waals surface area contributed by atoms with E-state index in [4.69, 9.17) is 9.72 Å². The van der Waals surface area contributed by atoms with Crippen molar-refractivity contribution >= 4 is 11.7 Å². The minimum Gasteiger partial charge on any atom is -0.376 e. The smallest absolute Gasteiger partial charge is 0.256 e. The Bertz CT molecular complexity index is 769. The first-order valence-electron chi connectivity index (χ1n) is 9.88. The first-order valence-corrected chi connectivity index (χ1v) is 9.88. The van der Waals surface area contributed by atoms with E-state index in [1.165, 1.54) is 6.42 Å². The minimum absolute atomic E-state index is 0.120. The monoisotopic (exact) mass is 366 g/mol. The average molecular weight is 366 g/mol. The van der Waals surface area contributed by atoms with Crippen LogP contribution in [0.5, 0.6) is 0 Å². The molecule has 3 heterocycles. The molecule has 2 aliphatic heterocycles. The zero-order valence-corrected chi connectivity index (χ0v) is 15.6. The van der Waals surface area contributed by atoms with Crippen molar-refractivity contribution in [3.8, 4) is 11.4 Å². The molecule has 0 radical (unpaired) electrons. The minimum atomic E-state index is -0.120. The molecule has 0 spiro atoms. The summed E-state index contributed by atoms with van der Waals surface area (Å²) in [6.07, 6.45) is 7.34. The third-order valence-corrected chi connectivity index (χ3v) is 5.22. The third kappa shape index (κ3) is 4.27. The Morgan fingerprint density at radius 2 is 1.96 bits per heavy atom. The number of nitrogens with one attached hydrogen (secondary N) is 1. The molecule has 27 heavy (non-hydrogen) atoms. The highest BCUT2D eigenvalue weighted by Crippen LogP contribution is 2.25. The van der Waals surface area contributed by atoms with Gasteiger partial charge in [-0.2, -0.15) is 0 Å². The van der Waals surface area contributed by atoms with Crippen LogP contribution >= 0.6 is 0 Å². The molecule has 1 unspecified atom stereocenters. The van der Waals surface area contributed by atoms with E-state index in [0.717, 1.165) is 56.8 Å². The quantitative estimate of drug-likeness (QED) is 0.881. The molecule has 0 saturated carbocycles. The fourth-order valence-electron chi connectivity index (χ4n) is 3.71. The summed E-state index contributed by atoms with van der Waals surface area (Å²) >= 11 is 0. The molecule has 0 aliphatic carbocycles. The SMILES string of the molecule is O=C(NCC1CCCO1)c1cnc(-c2ccccc2)nc1N1CCCCC1. The van der Waals surface area contributed by atoms with Crippen molar-refractivity contribution in [2.75, 3.05) is 31.1 Å². The number of amides is 1. The van der Waals surface area contributed by atoms with Gasteiger partial charge >= 0.3 is 0 Å². The Morgan fingerprint density at radius 3 is 2.70 bits per heavy atom. The number of anilines is 1. The van der Waals surface area contributed by atoms with Crippen LogP contribution in [0.3, 0.4) is 0 Å². The van der Waals surface area contributed by atoms with Crippen LogP contribution in [-0.4, -0.2) is 48.2 Å². The Kier molecular flexibility index (Phi) is 5.63. The van der Waals surface area contributed by atoms with Crippen molar-refractivity contribution < 1.29 is 9.53 Å². The number of carbonyl (C=O) groups excluding carboxylic acids is 1. The Labute approximate surface area is 160 Å². The lowest BCUT2D eigenvalue weighted by Crippen LogP contribution is -2.36. The first kappa shape index (κ1) is 17.9. The highest BCUT2D eigenvalue weighted by molar-refractivity contribution is 5.99. The van der Waals surface area contributed by atoms with E-state index < -0.39 is 0 Å². The molecule has 1 amide bonds. The molecular weight excluding hydrogens is 340 g/mol. The van der Waals surface area contributed by atoms with Crippen molar-refractivity contribution in [2.24, 2.45) is 0 Å². The van der Waals surface area contributed by atoms with Crippen molar-refractivity contribution in [2.45, 2.75) is 38.2 Å². The number of nitrogens with zero attached hydrogens (tertiary/aromatic N) is 3. The van der Waals surface area contributed by atoms with Crippen molar-refractivity contribution in [1.29, 1.82) is 0 Å². The maximum Gasteiger partial charge on any atom is 0.256 e. The highest BCUT2D eigenvalue weighted by atomic mass is 16.5. The van der Waals surface area contributed by atoms with E-state index >= 15 is 0 Å². The van der Waals surface area contributed by atoms with E-state index in [1.54, 1.807) is 6.20 Å². The largest absolute Gasteiger partial charge is 0.376 e. The number of hydrogen-bond donors (Lipinski definition) is 1. The molecule has 142 valence electrons. The van der Waals surface area contributed by atoms with Crippen LogP contribution in [0.1, 0.15) is 42.5 Å². The highest BCUT2D eigenvalue weighted by Gasteiger charge is 2.23. The summed E-state index contributed by atoms with van der Waals surface area (Å²) in [5, 5.41) is 3.01. The maximum absolute atomic E-state index is 12.8. The van der Waals surface area contributed by atoms with Crippen molar-refractivity contribution in [3.63, 3.8) is 0 Å². The molecule has 1 N–H and O–H groups in total. The van der Waals surface area contributed by atoms with E-state index in [-0.39, 0.29) is 12.0 Å². The van der Waals surface area contributed by atoms with Crippen LogP contribution in [-0.2, 0) is 4.74 Å². The molecule has 2 saturated heterocycles. The fraction of sp³-hybridized carbons (Fsp3) is 0.476. The molecule has 6 heteroatoms. The van der Waals surface area contributed by atoms with Gasteiger partial charge in [-0.1, -0.05) is 30.3 Å². The summed E-state index contributed by atoms with van der Waals surface area (Å²) in [4.78, 5) is 24.3. The van der Waals surface area contributed by atoms with Gasteiger partial charge in [0.1, 0.15) is 11.4 Å². The predicted molar refractivity (Wildman–Crippen MR) is 105 cm³/mol. The molecule has 0 bridgehead atoms. The molecule has 2 fully saturated rings. The lowest BCUT2D eigenvalue weighted by atomic mass is 10.1. The standard InChI is InChI=1S/C21H26N4O2/c26-21(23-14-17-10-7-13-27-17)18-15-22-19(16-8-3-1-4-9-16)24-20(18)25-11-5-2-6-12-25/h1,3-4,8-9,15,17H,2,5-7,10-14H2,(H,23,26). The van der Waals surface area contributed by atoms with E-state index in [1.807, 2.05) is 30.3 Å². The molecule has 1 atom stereocenters. The zero-order chi connectivity index (χ0) is 18.5. The molecule has 2 aliphatic rings. The molecule has 4 rings (SSSR count). The van der Waals surface area contributed by atoms with Crippen molar-refractivity contribution in [1.82, 2.24) is 15.3 Å². The Morgan fingerprint density at radius 1 is 1.15 bits per heavy atom. The summed E-state index contributed by atoms with van der Waals surface area (Å²) in [5.74, 6) is 1.28. The predicted octanol–water partition coefficient (Wildman–Crippen LogP) is 3.04. The summed E-state index contributed by atoms with van der Waals surface area (Å²) in [6.45, 7) is 3.18. The topological polar surface area (TPSA) is 67.3 Å². The van der Waals surface area contributed by atoms with Crippen LogP contribution in [0.15, 0.2) is 36.5 Å². The molecule has 2 aromatic rings. The number of ether oxygens (including phenoxy) is 1. The van der Waals surface area contributed by atoms with Gasteiger partial charge in [0, 0.05) is 38.0 Å². The van der Waals surface area contributed by atoms with Gasteiger partial charge in [-0.05, 0) is 32.1 Å². The molecule has 1 aromatic heterocycles. The maximum atomic E-state index is 12.8. The van der Waals surface area contributed by atoms with E-state index in [2.05, 4.69) is 15.2 Å². The number of benzene rings is 1. The lowest BCUT2D eigenvalue weighted by molar-refractivity contribution is 0.0857. The fourth-order valence-corrected chi connectivity index (χ4v) is 3.71. The van der Waals surface area contributed by atoms with Gasteiger partial charge in [-0.15, -0.1) is 0 Å². The Hall–Kier alpha value is -2.47. The van der Waals surface area contributed by atoms with Crippen LogP contribution in [0, 0.1) is 0 Å². The lowest BCUT2D eigenvalue weighted by Gasteiger charge is -2.29. The normalized spacial score (nSPS) is 19.9. The van der Waals surface area contributed by atoms with Gasteiger partial charge in [0.05, 0.1) is 6.10 Å². The number of hydrogen-bond acceptors (Lipinski definition) is 5. The van der Waals surface area contributed by atoms with Crippen LogP contribution < -0.4 is 10.2 Å². The molecule has 1 aromatic carbocycles. The number of piperidine rings is 1. The van der Waals surface area contributed by atoms with Gasteiger partial charge < -0.3 is 15.0 Å². The number of aromatic nitrogens is 2. The van der Waals surface area contributed by atoms with Gasteiger partial charge in [-0.3, -0.25) is 4.79 Å². The van der Waals surface area contributed by atoms with Gasteiger partial charge in [0.25, 0.3) is 5.91 Å². The van der Waals surface area contributed by atoms with Gasteiger partial charge in [0.2, 0.25) is 0 Å². The summed E-state index contributed by atoms with van der Waals surface area (Å²) in [6, 6.07) is 9.91. The zero-order valence-electron chi connectivity index (χ0n) is 15.6. The second-order valence-electron chi connectivity index (χ2n) is 7.19. The second kappa shape index (κ2) is 8.48.